The third-order valence-electron chi connectivity index (χ3n) is 5.36. The molecule has 0 saturated carbocycles. The molecular weight excluding hydrogens is 406 g/mol. The molecule has 0 spiro atoms. The van der Waals surface area contributed by atoms with Crippen LogP contribution in [0.2, 0.25) is 0 Å². The van der Waals surface area contributed by atoms with E-state index in [0.29, 0.717) is 0 Å². The number of carbonyl (C=O) groups excluding carboxylic acids is 1. The average molecular weight is 446 g/mol. The Balaban J connectivity index is 6.66. The van der Waals surface area contributed by atoms with Gasteiger partial charge in [0.15, 0.2) is 0 Å². The maximum atomic E-state index is 12.5. The van der Waals surface area contributed by atoms with Crippen LogP contribution in [0.3, 0.4) is 0 Å². The zero-order valence-corrected chi connectivity index (χ0v) is 20.3. The highest BCUT2D eigenvalue weighted by molar-refractivity contribution is 5.72. The number of hydrogen-bond acceptors (Lipinski definition) is 6. The third kappa shape index (κ3) is 8.45. The fourth-order valence-corrected chi connectivity index (χ4v) is 4.40. The normalized spacial score (nSPS) is 16.7. The quantitative estimate of drug-likeness (QED) is 0.286. The maximum Gasteiger partial charge on any atom is 0.307 e. The Morgan fingerprint density at radius 1 is 0.871 bits per heavy atom. The van der Waals surface area contributed by atoms with Crippen molar-refractivity contribution in [3.63, 3.8) is 0 Å². The van der Waals surface area contributed by atoms with Gasteiger partial charge in [-0.05, 0) is 31.6 Å². The summed E-state index contributed by atoms with van der Waals surface area (Å²) in [5.41, 5.74) is -4.44. The van der Waals surface area contributed by atoms with Gasteiger partial charge < -0.3 is 14.9 Å². The summed E-state index contributed by atoms with van der Waals surface area (Å²) in [5, 5.41) is 31.9. The Morgan fingerprint density at radius 2 is 1.32 bits per heavy atom. The maximum absolute atomic E-state index is 12.5. The summed E-state index contributed by atoms with van der Waals surface area (Å²) in [6, 6.07) is 0. The fourth-order valence-electron chi connectivity index (χ4n) is 4.40. The lowest BCUT2D eigenvalue weighted by atomic mass is 9.55. The SMILES string of the molecule is CC(C)(C)OC(=O)CCC(CCC(=O)O)(C(C(C(=O)O)C(C)(C)C)C(C)(C)C)[N+](=O)[O-]. The Bertz CT molecular complexity index is 681. The molecule has 0 aromatic carbocycles. The van der Waals surface area contributed by atoms with Gasteiger partial charge >= 0.3 is 17.9 Å². The van der Waals surface area contributed by atoms with Crippen LogP contribution in [0.4, 0.5) is 0 Å². The molecular formula is C22H39NO8. The molecule has 0 aliphatic rings. The minimum absolute atomic E-state index is 0.315. The zero-order valence-electron chi connectivity index (χ0n) is 20.3. The third-order valence-corrected chi connectivity index (χ3v) is 5.36. The Labute approximate surface area is 184 Å². The first kappa shape index (κ1) is 28.8. The first-order chi connectivity index (χ1) is 13.6. The van der Waals surface area contributed by atoms with E-state index in [4.69, 9.17) is 4.74 Å². The van der Waals surface area contributed by atoms with Crippen LogP contribution < -0.4 is 0 Å². The Hall–Kier alpha value is -2.19. The van der Waals surface area contributed by atoms with Gasteiger partial charge in [-0.1, -0.05) is 41.5 Å². The van der Waals surface area contributed by atoms with Crippen molar-refractivity contribution in [2.75, 3.05) is 0 Å². The minimum Gasteiger partial charge on any atom is -0.481 e. The van der Waals surface area contributed by atoms with Gasteiger partial charge in [-0.15, -0.1) is 0 Å². The molecule has 0 aliphatic heterocycles. The summed E-state index contributed by atoms with van der Waals surface area (Å²) in [5.74, 6) is -5.26. The lowest BCUT2D eigenvalue weighted by Gasteiger charge is -2.47. The molecule has 31 heavy (non-hydrogen) atoms. The molecule has 3 atom stereocenters. The molecule has 180 valence electrons. The van der Waals surface area contributed by atoms with Crippen LogP contribution in [0.5, 0.6) is 0 Å². The number of esters is 1. The van der Waals surface area contributed by atoms with Crippen LogP contribution in [0, 0.1) is 32.8 Å². The number of nitrogens with zero attached hydrogens (tertiary/aromatic N) is 1. The highest BCUT2D eigenvalue weighted by Crippen LogP contribution is 2.51. The second-order valence-electron chi connectivity index (χ2n) is 11.4. The highest BCUT2D eigenvalue weighted by atomic mass is 16.6. The van der Waals surface area contributed by atoms with Gasteiger partial charge in [0, 0.05) is 23.7 Å². The lowest BCUT2D eigenvalue weighted by Crippen LogP contribution is -2.58. The number of ether oxygens (including phenoxy) is 1. The van der Waals surface area contributed by atoms with Gasteiger partial charge in [0.1, 0.15) is 5.60 Å². The second-order valence-corrected chi connectivity index (χ2v) is 11.4. The van der Waals surface area contributed by atoms with Crippen molar-refractivity contribution in [2.24, 2.45) is 22.7 Å². The van der Waals surface area contributed by atoms with E-state index in [9.17, 15) is 34.7 Å². The fraction of sp³-hybridized carbons (Fsp3) is 0.864. The van der Waals surface area contributed by atoms with Crippen molar-refractivity contribution in [2.45, 2.75) is 99.1 Å². The number of carboxylic acid groups (broad SMARTS) is 2. The van der Waals surface area contributed by atoms with E-state index in [0.717, 1.165) is 0 Å². The highest BCUT2D eigenvalue weighted by Gasteiger charge is 2.61. The summed E-state index contributed by atoms with van der Waals surface area (Å²) in [6.07, 6.45) is -1.54. The first-order valence-corrected chi connectivity index (χ1v) is 10.5. The number of carboxylic acids is 2. The number of rotatable bonds is 10. The molecule has 0 amide bonds. The predicted molar refractivity (Wildman–Crippen MR) is 115 cm³/mol. The van der Waals surface area contributed by atoms with Crippen LogP contribution >= 0.6 is 0 Å². The molecule has 0 fully saturated rings. The second kappa shape index (κ2) is 9.96. The van der Waals surface area contributed by atoms with Gasteiger partial charge in [-0.25, -0.2) is 0 Å². The van der Waals surface area contributed by atoms with Crippen LogP contribution in [-0.4, -0.2) is 44.2 Å². The molecule has 0 heterocycles. The van der Waals surface area contributed by atoms with E-state index in [-0.39, 0.29) is 19.3 Å². The number of nitro groups is 1. The van der Waals surface area contributed by atoms with Gasteiger partial charge in [-0.3, -0.25) is 24.5 Å². The summed E-state index contributed by atoms with van der Waals surface area (Å²) < 4.78 is 5.28. The van der Waals surface area contributed by atoms with Crippen molar-refractivity contribution < 1.29 is 34.3 Å². The molecule has 0 radical (unpaired) electrons. The summed E-state index contributed by atoms with van der Waals surface area (Å²) in [6.45, 7) is 15.3. The van der Waals surface area contributed by atoms with Crippen molar-refractivity contribution in [1.29, 1.82) is 0 Å². The topological polar surface area (TPSA) is 144 Å². The van der Waals surface area contributed by atoms with Crippen LogP contribution in [-0.2, 0) is 19.1 Å². The predicted octanol–water partition coefficient (Wildman–Crippen LogP) is 4.40. The standard InChI is InChI=1S/C22H39NO8/c1-19(2,3)16(18(27)28)17(20(4,5)6)22(23(29)30,12-10-14(24)25)13-11-15(26)31-21(7,8)9/h16-17H,10-13H2,1-9H3,(H,24,25)(H,27,28). The van der Waals surface area contributed by atoms with E-state index in [1.54, 1.807) is 62.3 Å². The molecule has 3 unspecified atom stereocenters. The Kier molecular flexibility index (Phi) is 9.25. The smallest absolute Gasteiger partial charge is 0.307 e. The number of hydrogen-bond donors (Lipinski definition) is 2. The van der Waals surface area contributed by atoms with Gasteiger partial charge in [0.25, 0.3) is 0 Å². The molecule has 0 rings (SSSR count). The van der Waals surface area contributed by atoms with Crippen molar-refractivity contribution in [1.82, 2.24) is 0 Å². The molecule has 9 heteroatoms. The molecule has 0 aliphatic carbocycles. The Morgan fingerprint density at radius 3 is 1.61 bits per heavy atom. The molecule has 0 saturated heterocycles. The van der Waals surface area contributed by atoms with Crippen molar-refractivity contribution in [3.8, 4) is 0 Å². The van der Waals surface area contributed by atoms with Gasteiger partial charge in [-0.2, -0.15) is 0 Å². The van der Waals surface area contributed by atoms with Crippen LogP contribution in [0.25, 0.3) is 0 Å². The number of carbonyl (C=O) groups is 3. The molecule has 0 aromatic rings. The summed E-state index contributed by atoms with van der Waals surface area (Å²) in [4.78, 5) is 48.0. The summed E-state index contributed by atoms with van der Waals surface area (Å²) in [7, 11) is 0. The van der Waals surface area contributed by atoms with Crippen molar-refractivity contribution >= 4 is 17.9 Å². The number of aliphatic carboxylic acids is 2. The molecule has 2 N–H and O–H groups in total. The molecule has 0 bridgehead atoms. The minimum atomic E-state index is -1.94. The van der Waals surface area contributed by atoms with E-state index >= 15 is 0 Å². The van der Waals surface area contributed by atoms with Gasteiger partial charge in [0.05, 0.1) is 18.8 Å². The first-order valence-electron chi connectivity index (χ1n) is 10.5. The van der Waals surface area contributed by atoms with E-state index < -0.39 is 63.1 Å². The zero-order chi connectivity index (χ0) is 25.0. The van der Waals surface area contributed by atoms with Crippen molar-refractivity contribution in [3.05, 3.63) is 10.1 Å². The average Bonchev–Trinajstić information content (AvgIpc) is 2.48. The van der Waals surface area contributed by atoms with Gasteiger partial charge in [0.2, 0.25) is 5.54 Å². The van der Waals surface area contributed by atoms with E-state index in [1.165, 1.54) is 0 Å². The molecule has 9 nitrogen and oxygen atoms in total. The van der Waals surface area contributed by atoms with Crippen LogP contribution in [0.1, 0.15) is 88.0 Å². The molecule has 0 aromatic heterocycles. The van der Waals surface area contributed by atoms with Crippen LogP contribution in [0.15, 0.2) is 0 Å². The largest absolute Gasteiger partial charge is 0.481 e. The summed E-state index contributed by atoms with van der Waals surface area (Å²) >= 11 is 0. The monoisotopic (exact) mass is 445 g/mol. The van der Waals surface area contributed by atoms with E-state index in [1.807, 2.05) is 0 Å². The van der Waals surface area contributed by atoms with E-state index in [2.05, 4.69) is 0 Å². The lowest BCUT2D eigenvalue weighted by molar-refractivity contribution is -0.590.